The van der Waals surface area contributed by atoms with Gasteiger partial charge in [-0.05, 0) is 70.6 Å². The molecule has 0 N–H and O–H groups in total. The van der Waals surface area contributed by atoms with Gasteiger partial charge in [-0.2, -0.15) is 0 Å². The second-order valence-electron chi connectivity index (χ2n) is 18.8. The summed E-state index contributed by atoms with van der Waals surface area (Å²) >= 11 is 0. The lowest BCUT2D eigenvalue weighted by atomic mass is 10.0. The Bertz CT molecular complexity index is 1020. The van der Waals surface area contributed by atoms with Crippen molar-refractivity contribution in [1.29, 1.82) is 0 Å². The molecule has 370 valence electrons. The summed E-state index contributed by atoms with van der Waals surface area (Å²) in [6.45, 7) is 6.64. The van der Waals surface area contributed by atoms with Crippen LogP contribution in [0.2, 0.25) is 0 Å². The predicted octanol–water partition coefficient (Wildman–Crippen LogP) is 18.3. The van der Waals surface area contributed by atoms with Crippen LogP contribution in [0.1, 0.15) is 303 Å². The molecular formula is C57H106O6. The van der Waals surface area contributed by atoms with E-state index in [0.717, 1.165) is 70.6 Å². The van der Waals surface area contributed by atoms with E-state index in [2.05, 4.69) is 45.1 Å². The summed E-state index contributed by atoms with van der Waals surface area (Å²) in [5.41, 5.74) is 0. The van der Waals surface area contributed by atoms with E-state index in [0.29, 0.717) is 19.3 Å². The van der Waals surface area contributed by atoms with Gasteiger partial charge in [0.2, 0.25) is 0 Å². The Morgan fingerprint density at radius 1 is 0.302 bits per heavy atom. The van der Waals surface area contributed by atoms with Crippen molar-refractivity contribution in [2.75, 3.05) is 13.2 Å². The minimum atomic E-state index is -0.774. The van der Waals surface area contributed by atoms with Gasteiger partial charge < -0.3 is 14.2 Å². The number of carbonyl (C=O) groups excluding carboxylic acids is 3. The van der Waals surface area contributed by atoms with Crippen LogP contribution in [0.25, 0.3) is 0 Å². The maximum Gasteiger partial charge on any atom is 0.306 e. The largest absolute Gasteiger partial charge is 0.462 e. The first-order valence-corrected chi connectivity index (χ1v) is 27.8. The van der Waals surface area contributed by atoms with Gasteiger partial charge in [0.05, 0.1) is 0 Å². The van der Waals surface area contributed by atoms with E-state index in [9.17, 15) is 14.4 Å². The Balaban J connectivity index is 4.34. The molecule has 0 heterocycles. The molecule has 0 amide bonds. The zero-order valence-corrected chi connectivity index (χ0v) is 42.4. The van der Waals surface area contributed by atoms with Gasteiger partial charge in [0.1, 0.15) is 13.2 Å². The van der Waals surface area contributed by atoms with Crippen molar-refractivity contribution in [3.8, 4) is 0 Å². The fourth-order valence-electron chi connectivity index (χ4n) is 8.20. The topological polar surface area (TPSA) is 78.9 Å². The average Bonchev–Trinajstić information content (AvgIpc) is 3.28. The first-order valence-electron chi connectivity index (χ1n) is 27.8. The third-order valence-electron chi connectivity index (χ3n) is 12.4. The third kappa shape index (κ3) is 50.7. The molecule has 0 fully saturated rings. The number of esters is 3. The maximum absolute atomic E-state index is 12.8. The quantitative estimate of drug-likeness (QED) is 0.0262. The Morgan fingerprint density at radius 2 is 0.524 bits per heavy atom. The second kappa shape index (κ2) is 52.5. The van der Waals surface area contributed by atoms with E-state index in [1.54, 1.807) is 0 Å². The van der Waals surface area contributed by atoms with E-state index in [4.69, 9.17) is 14.2 Å². The normalized spacial score (nSPS) is 12.1. The van der Waals surface area contributed by atoms with Crippen LogP contribution in [0, 0.1) is 0 Å². The van der Waals surface area contributed by atoms with Crippen molar-refractivity contribution < 1.29 is 28.6 Å². The van der Waals surface area contributed by atoms with Crippen molar-refractivity contribution in [3.05, 3.63) is 24.3 Å². The van der Waals surface area contributed by atoms with Crippen LogP contribution in [0.4, 0.5) is 0 Å². The van der Waals surface area contributed by atoms with Crippen LogP contribution in [-0.4, -0.2) is 37.2 Å². The first-order chi connectivity index (χ1) is 31.0. The van der Waals surface area contributed by atoms with E-state index in [-0.39, 0.29) is 31.1 Å². The zero-order chi connectivity index (χ0) is 45.8. The maximum atomic E-state index is 12.8. The van der Waals surface area contributed by atoms with E-state index >= 15 is 0 Å². The molecule has 0 rings (SSSR count). The van der Waals surface area contributed by atoms with Crippen molar-refractivity contribution >= 4 is 17.9 Å². The molecule has 0 bridgehead atoms. The van der Waals surface area contributed by atoms with Crippen molar-refractivity contribution in [1.82, 2.24) is 0 Å². The number of allylic oxidation sites excluding steroid dienone is 4. The van der Waals surface area contributed by atoms with Crippen LogP contribution in [-0.2, 0) is 28.6 Å². The molecule has 0 aliphatic carbocycles. The van der Waals surface area contributed by atoms with Crippen LogP contribution < -0.4 is 0 Å². The molecule has 0 aromatic carbocycles. The standard InChI is InChI=1S/C57H106O6/c1-4-7-10-13-16-19-22-25-27-28-30-32-35-38-41-44-47-50-56(59)62-53-54(52-61-55(58)49-46-43-40-37-34-31-24-21-18-15-12-9-6-3)63-57(60)51-48-45-42-39-36-33-29-26-23-20-17-14-11-8-5-2/h21,24,26,29,54H,4-20,22-23,25,27-28,30-53H2,1-3H3/b24-21-,29-26-/t54-/m1/s1. The monoisotopic (exact) mass is 887 g/mol. The summed E-state index contributed by atoms with van der Waals surface area (Å²) in [6.07, 6.45) is 60.2. The van der Waals surface area contributed by atoms with Crippen LogP contribution >= 0.6 is 0 Å². The fraction of sp³-hybridized carbons (Fsp3) is 0.877. The van der Waals surface area contributed by atoms with Gasteiger partial charge in [0.25, 0.3) is 0 Å². The molecule has 0 radical (unpaired) electrons. The Hall–Kier alpha value is -2.11. The molecule has 63 heavy (non-hydrogen) atoms. The Morgan fingerprint density at radius 3 is 0.810 bits per heavy atom. The number of hydrogen-bond donors (Lipinski definition) is 0. The van der Waals surface area contributed by atoms with Gasteiger partial charge in [-0.25, -0.2) is 0 Å². The van der Waals surface area contributed by atoms with E-state index in [1.807, 2.05) is 0 Å². The van der Waals surface area contributed by atoms with Gasteiger partial charge >= 0.3 is 17.9 Å². The first kappa shape index (κ1) is 60.9. The smallest absolute Gasteiger partial charge is 0.306 e. The summed E-state index contributed by atoms with van der Waals surface area (Å²) in [4.78, 5) is 38.0. The molecule has 0 aromatic heterocycles. The number of ether oxygens (including phenoxy) is 3. The minimum absolute atomic E-state index is 0.0730. The van der Waals surface area contributed by atoms with Gasteiger partial charge in [0.15, 0.2) is 6.10 Å². The lowest BCUT2D eigenvalue weighted by Crippen LogP contribution is -2.30. The van der Waals surface area contributed by atoms with Crippen LogP contribution in [0.3, 0.4) is 0 Å². The molecular weight excluding hydrogens is 781 g/mol. The Kier molecular flexibility index (Phi) is 50.8. The number of carbonyl (C=O) groups is 3. The highest BCUT2D eigenvalue weighted by Crippen LogP contribution is 2.16. The zero-order valence-electron chi connectivity index (χ0n) is 42.4. The SMILES string of the molecule is CCCCCC/C=C\CCCCCCCC(=O)OC[C@H](COC(=O)CCCCCCCCCCCCCCCCCCC)OC(=O)CCCCCCC/C=C\CCCCCCCC. The average molecular weight is 887 g/mol. The molecule has 0 unspecified atom stereocenters. The van der Waals surface area contributed by atoms with Crippen molar-refractivity contribution in [2.45, 2.75) is 309 Å². The van der Waals surface area contributed by atoms with Gasteiger partial charge in [0, 0.05) is 19.3 Å². The number of unbranched alkanes of at least 4 members (excludes halogenated alkanes) is 36. The van der Waals surface area contributed by atoms with Gasteiger partial charge in [-0.3, -0.25) is 14.4 Å². The summed E-state index contributed by atoms with van der Waals surface area (Å²) in [5, 5.41) is 0. The lowest BCUT2D eigenvalue weighted by molar-refractivity contribution is -0.167. The van der Waals surface area contributed by atoms with Crippen LogP contribution in [0.15, 0.2) is 24.3 Å². The Labute approximate surface area is 392 Å². The molecule has 6 heteroatoms. The van der Waals surface area contributed by atoms with Gasteiger partial charge in [-0.1, -0.05) is 238 Å². The minimum Gasteiger partial charge on any atom is -0.462 e. The number of rotatable bonds is 51. The van der Waals surface area contributed by atoms with Crippen molar-refractivity contribution in [3.63, 3.8) is 0 Å². The highest BCUT2D eigenvalue weighted by Gasteiger charge is 2.19. The molecule has 0 saturated carbocycles. The fourth-order valence-corrected chi connectivity index (χ4v) is 8.20. The molecule has 0 aliphatic rings. The molecule has 0 spiro atoms. The van der Waals surface area contributed by atoms with E-state index < -0.39 is 6.10 Å². The summed E-state index contributed by atoms with van der Waals surface area (Å²) in [6, 6.07) is 0. The highest BCUT2D eigenvalue weighted by atomic mass is 16.6. The molecule has 0 aliphatic heterocycles. The van der Waals surface area contributed by atoms with Crippen LogP contribution in [0.5, 0.6) is 0 Å². The molecule has 0 saturated heterocycles. The lowest BCUT2D eigenvalue weighted by Gasteiger charge is -2.18. The molecule has 6 nitrogen and oxygen atoms in total. The molecule has 1 atom stereocenters. The van der Waals surface area contributed by atoms with Gasteiger partial charge in [-0.15, -0.1) is 0 Å². The van der Waals surface area contributed by atoms with E-state index in [1.165, 1.54) is 193 Å². The molecule has 0 aromatic rings. The number of hydrogen-bond acceptors (Lipinski definition) is 6. The highest BCUT2D eigenvalue weighted by molar-refractivity contribution is 5.71. The summed E-state index contributed by atoms with van der Waals surface area (Å²) in [5.74, 6) is -0.874. The van der Waals surface area contributed by atoms with Crippen molar-refractivity contribution in [2.24, 2.45) is 0 Å². The second-order valence-corrected chi connectivity index (χ2v) is 18.8. The predicted molar refractivity (Wildman–Crippen MR) is 270 cm³/mol. The third-order valence-corrected chi connectivity index (χ3v) is 12.4. The summed E-state index contributed by atoms with van der Waals surface area (Å²) < 4.78 is 16.8. The summed E-state index contributed by atoms with van der Waals surface area (Å²) in [7, 11) is 0.